The molecular weight excluding hydrogens is 421 g/mol. The SMILES string of the molecule is CC1(C)CN(C(=O)OCc2ccccc2)c2cc(Cc3ccc(F)cc3)c3nc(N)nn3c21. The average molecular weight is 445 g/mol. The first-order valence-corrected chi connectivity index (χ1v) is 10.7. The Labute approximate surface area is 190 Å². The Bertz CT molecular complexity index is 1330. The largest absolute Gasteiger partial charge is 0.444 e. The summed E-state index contributed by atoms with van der Waals surface area (Å²) in [6.45, 7) is 4.72. The predicted octanol–water partition coefficient (Wildman–Crippen LogP) is 4.48. The molecule has 0 bridgehead atoms. The quantitative estimate of drug-likeness (QED) is 0.501. The van der Waals surface area contributed by atoms with E-state index in [9.17, 15) is 9.18 Å². The number of nitrogen functional groups attached to an aromatic ring is 1. The van der Waals surface area contributed by atoms with E-state index in [1.807, 2.05) is 50.2 Å². The van der Waals surface area contributed by atoms with E-state index >= 15 is 0 Å². The minimum Gasteiger partial charge on any atom is -0.444 e. The molecule has 0 aliphatic carbocycles. The molecule has 0 radical (unpaired) electrons. The number of aromatic nitrogens is 3. The predicted molar refractivity (Wildman–Crippen MR) is 124 cm³/mol. The Hall–Kier alpha value is -3.94. The van der Waals surface area contributed by atoms with Crippen LogP contribution in [0.15, 0.2) is 60.7 Å². The number of hydrogen-bond donors (Lipinski definition) is 1. The first kappa shape index (κ1) is 20.9. The van der Waals surface area contributed by atoms with Gasteiger partial charge in [-0.3, -0.25) is 4.90 Å². The molecule has 0 spiro atoms. The second kappa shape index (κ2) is 7.88. The molecule has 3 heterocycles. The van der Waals surface area contributed by atoms with Crippen LogP contribution in [0.3, 0.4) is 0 Å². The molecule has 168 valence electrons. The Morgan fingerprint density at radius 3 is 2.58 bits per heavy atom. The zero-order valence-electron chi connectivity index (χ0n) is 18.5. The second-order valence-electron chi connectivity index (χ2n) is 8.92. The van der Waals surface area contributed by atoms with Crippen LogP contribution >= 0.6 is 0 Å². The van der Waals surface area contributed by atoms with E-state index < -0.39 is 11.5 Å². The summed E-state index contributed by atoms with van der Waals surface area (Å²) in [5.41, 5.74) is 10.4. The first-order valence-electron chi connectivity index (χ1n) is 10.7. The number of nitrogens with zero attached hydrogens (tertiary/aromatic N) is 4. The lowest BCUT2D eigenvalue weighted by Gasteiger charge is -2.20. The summed E-state index contributed by atoms with van der Waals surface area (Å²) in [4.78, 5) is 19.2. The van der Waals surface area contributed by atoms with Gasteiger partial charge in [-0.1, -0.05) is 56.3 Å². The molecule has 0 saturated heterocycles. The second-order valence-corrected chi connectivity index (χ2v) is 8.92. The topological polar surface area (TPSA) is 85.8 Å². The van der Waals surface area contributed by atoms with E-state index in [4.69, 9.17) is 10.5 Å². The fourth-order valence-corrected chi connectivity index (χ4v) is 4.41. The van der Waals surface area contributed by atoms with Crippen LogP contribution in [0.5, 0.6) is 0 Å². The van der Waals surface area contributed by atoms with Crippen LogP contribution in [-0.2, 0) is 23.2 Å². The number of halogens is 1. The smallest absolute Gasteiger partial charge is 0.414 e. The molecule has 7 nitrogen and oxygen atoms in total. The molecule has 5 rings (SSSR count). The number of anilines is 2. The third-order valence-electron chi connectivity index (χ3n) is 5.89. The van der Waals surface area contributed by atoms with Crippen molar-refractivity contribution in [2.45, 2.75) is 32.3 Å². The lowest BCUT2D eigenvalue weighted by molar-refractivity contribution is 0.147. The van der Waals surface area contributed by atoms with E-state index in [-0.39, 0.29) is 18.4 Å². The molecule has 33 heavy (non-hydrogen) atoms. The molecule has 2 aromatic heterocycles. The maximum atomic E-state index is 13.4. The minimum absolute atomic E-state index is 0.157. The Balaban J connectivity index is 1.54. The highest BCUT2D eigenvalue weighted by molar-refractivity contribution is 5.91. The van der Waals surface area contributed by atoms with Crippen molar-refractivity contribution in [3.8, 4) is 0 Å². The fourth-order valence-electron chi connectivity index (χ4n) is 4.41. The number of rotatable bonds is 4. The number of benzene rings is 2. The number of carbonyl (C=O) groups is 1. The van der Waals surface area contributed by atoms with Crippen LogP contribution in [0.2, 0.25) is 0 Å². The monoisotopic (exact) mass is 445 g/mol. The van der Waals surface area contributed by atoms with Crippen molar-refractivity contribution in [1.82, 2.24) is 14.6 Å². The van der Waals surface area contributed by atoms with Crippen molar-refractivity contribution in [2.24, 2.45) is 0 Å². The van der Waals surface area contributed by atoms with Crippen molar-refractivity contribution >= 4 is 23.4 Å². The van der Waals surface area contributed by atoms with Gasteiger partial charge in [0.25, 0.3) is 0 Å². The standard InChI is InChI=1S/C25H24FN5O2/c1-25(2)15-30(24(32)33-14-17-6-4-3-5-7-17)20-13-18(12-16-8-10-19(26)11-9-16)22-28-23(27)29-31(22)21(20)25/h3-11,13H,12,14-15H2,1-2H3,(H2,27,29). The summed E-state index contributed by atoms with van der Waals surface area (Å²) >= 11 is 0. The van der Waals surface area contributed by atoms with E-state index in [0.717, 1.165) is 22.4 Å². The Kier molecular flexibility index (Phi) is 5.00. The van der Waals surface area contributed by atoms with Crippen molar-refractivity contribution in [1.29, 1.82) is 0 Å². The van der Waals surface area contributed by atoms with Crippen LogP contribution < -0.4 is 10.6 Å². The normalized spacial score (nSPS) is 14.5. The van der Waals surface area contributed by atoms with Crippen molar-refractivity contribution < 1.29 is 13.9 Å². The van der Waals surface area contributed by atoms with Crippen molar-refractivity contribution in [3.05, 3.63) is 88.9 Å². The molecule has 8 heteroatoms. The van der Waals surface area contributed by atoms with Gasteiger partial charge in [0.15, 0.2) is 5.65 Å². The molecule has 1 aliphatic rings. The third-order valence-corrected chi connectivity index (χ3v) is 5.89. The Morgan fingerprint density at radius 2 is 1.85 bits per heavy atom. The number of nitrogens with two attached hydrogens (primary N) is 1. The molecule has 0 fully saturated rings. The minimum atomic E-state index is -0.425. The van der Waals surface area contributed by atoms with Crippen LogP contribution in [0.1, 0.15) is 36.2 Å². The van der Waals surface area contributed by atoms with Gasteiger partial charge in [-0.2, -0.15) is 4.98 Å². The summed E-state index contributed by atoms with van der Waals surface area (Å²) in [6, 6.07) is 17.8. The van der Waals surface area contributed by atoms with Crippen molar-refractivity contribution in [2.75, 3.05) is 17.2 Å². The van der Waals surface area contributed by atoms with Gasteiger partial charge in [-0.15, -0.1) is 5.10 Å². The number of ether oxygens (including phenoxy) is 1. The summed E-state index contributed by atoms with van der Waals surface area (Å²) < 4.78 is 20.7. The zero-order chi connectivity index (χ0) is 23.2. The van der Waals surface area contributed by atoms with Gasteiger partial charge in [0, 0.05) is 23.9 Å². The molecule has 2 aromatic carbocycles. The number of carbonyl (C=O) groups excluding carboxylic acids is 1. The highest BCUT2D eigenvalue weighted by atomic mass is 19.1. The molecule has 1 aliphatic heterocycles. The van der Waals surface area contributed by atoms with Crippen LogP contribution in [0, 0.1) is 5.82 Å². The van der Waals surface area contributed by atoms with E-state index in [1.165, 1.54) is 12.1 Å². The van der Waals surface area contributed by atoms with Gasteiger partial charge >= 0.3 is 6.09 Å². The third kappa shape index (κ3) is 3.88. The van der Waals surface area contributed by atoms with Gasteiger partial charge in [0.1, 0.15) is 12.4 Å². The maximum absolute atomic E-state index is 13.4. The zero-order valence-corrected chi connectivity index (χ0v) is 18.5. The average Bonchev–Trinajstić information content (AvgIpc) is 3.31. The molecule has 0 unspecified atom stereocenters. The number of fused-ring (bicyclic) bond motifs is 3. The van der Waals surface area contributed by atoms with Crippen molar-refractivity contribution in [3.63, 3.8) is 0 Å². The molecule has 1 amide bonds. The van der Waals surface area contributed by atoms with Gasteiger partial charge in [-0.25, -0.2) is 13.7 Å². The molecule has 2 N–H and O–H groups in total. The van der Waals surface area contributed by atoms with Gasteiger partial charge in [0.2, 0.25) is 5.95 Å². The van der Waals surface area contributed by atoms with Gasteiger partial charge in [-0.05, 0) is 29.3 Å². The highest BCUT2D eigenvalue weighted by Crippen LogP contribution is 2.42. The highest BCUT2D eigenvalue weighted by Gasteiger charge is 2.42. The summed E-state index contributed by atoms with van der Waals surface area (Å²) in [7, 11) is 0. The molecular formula is C25H24FN5O2. The molecule has 0 atom stereocenters. The summed E-state index contributed by atoms with van der Waals surface area (Å²) in [5.74, 6) is -0.136. The van der Waals surface area contributed by atoms with E-state index in [0.29, 0.717) is 24.3 Å². The lowest BCUT2D eigenvalue weighted by atomic mass is 9.90. The van der Waals surface area contributed by atoms with Crippen LogP contribution in [0.4, 0.5) is 20.8 Å². The van der Waals surface area contributed by atoms with E-state index in [2.05, 4.69) is 10.1 Å². The van der Waals surface area contributed by atoms with Gasteiger partial charge < -0.3 is 10.5 Å². The Morgan fingerprint density at radius 1 is 1.12 bits per heavy atom. The molecule has 0 saturated carbocycles. The fraction of sp³-hybridized carbons (Fsp3) is 0.240. The van der Waals surface area contributed by atoms with Crippen LogP contribution in [0.25, 0.3) is 5.65 Å². The molecule has 4 aromatic rings. The van der Waals surface area contributed by atoms with Gasteiger partial charge in [0.05, 0.1) is 11.4 Å². The number of hydrogen-bond acceptors (Lipinski definition) is 5. The van der Waals surface area contributed by atoms with E-state index in [1.54, 1.807) is 21.5 Å². The van der Waals surface area contributed by atoms with Crippen LogP contribution in [-0.4, -0.2) is 27.2 Å². The number of amides is 1. The summed E-state index contributed by atoms with van der Waals surface area (Å²) in [6.07, 6.45) is 0.0635. The first-order chi connectivity index (χ1) is 15.8. The maximum Gasteiger partial charge on any atom is 0.414 e. The lowest BCUT2D eigenvalue weighted by Crippen LogP contribution is -2.34. The summed E-state index contributed by atoms with van der Waals surface area (Å²) in [5, 5.41) is 4.43. The number of pyridine rings is 1.